The number of rotatable bonds is 8. The van der Waals surface area contributed by atoms with Gasteiger partial charge in [0.15, 0.2) is 0 Å². The van der Waals surface area contributed by atoms with Gasteiger partial charge in [0.2, 0.25) is 0 Å². The van der Waals surface area contributed by atoms with E-state index in [0.29, 0.717) is 23.7 Å². The molecule has 0 unspecified atom stereocenters. The molecule has 2 N–H and O–H groups in total. The molecule has 2 amide bonds. The van der Waals surface area contributed by atoms with Crippen LogP contribution >= 0.6 is 11.6 Å². The van der Waals surface area contributed by atoms with E-state index in [4.69, 9.17) is 16.7 Å². The van der Waals surface area contributed by atoms with Crippen LogP contribution in [0.2, 0.25) is 0 Å². The monoisotopic (exact) mass is 442 g/mol. The predicted octanol–water partition coefficient (Wildman–Crippen LogP) is 5.30. The Labute approximate surface area is 187 Å². The molecule has 0 radical (unpaired) electrons. The summed E-state index contributed by atoms with van der Waals surface area (Å²) in [5, 5.41) is 10.6. The van der Waals surface area contributed by atoms with Gasteiger partial charge in [-0.3, -0.25) is 19.3 Å². The maximum atomic E-state index is 12.1. The Morgan fingerprint density at radius 3 is 2.19 bits per heavy atom. The molecule has 0 atom stereocenters. The molecule has 1 aliphatic rings. The molecule has 7 heteroatoms. The first kappa shape index (κ1) is 22.8. The van der Waals surface area contributed by atoms with Crippen molar-refractivity contribution in [2.24, 2.45) is 0 Å². The Morgan fingerprint density at radius 1 is 0.968 bits per heavy atom. The molecule has 3 rings (SSSR count). The highest BCUT2D eigenvalue weighted by molar-refractivity contribution is 6.66. The van der Waals surface area contributed by atoms with Crippen LogP contribution in [-0.4, -0.2) is 28.9 Å². The Balaban J connectivity index is 1.64. The molecular weight excluding hydrogens is 416 g/mol. The third-order valence-corrected chi connectivity index (χ3v) is 5.88. The maximum absolute atomic E-state index is 12.1. The fourth-order valence-corrected chi connectivity index (χ4v) is 4.10. The molecule has 1 aliphatic carbocycles. The van der Waals surface area contributed by atoms with Crippen molar-refractivity contribution in [1.82, 2.24) is 5.32 Å². The molecule has 0 aromatic heterocycles. The van der Waals surface area contributed by atoms with Gasteiger partial charge >= 0.3 is 11.3 Å². The summed E-state index contributed by atoms with van der Waals surface area (Å²) in [5.74, 6) is -0.712. The third-order valence-electron chi connectivity index (χ3n) is 5.67. The van der Waals surface area contributed by atoms with E-state index >= 15 is 0 Å². The van der Waals surface area contributed by atoms with Crippen LogP contribution in [0.1, 0.15) is 65.9 Å². The molecule has 6 nitrogen and oxygen atoms in total. The van der Waals surface area contributed by atoms with Crippen LogP contribution in [-0.2, 0) is 11.3 Å². The molecule has 31 heavy (non-hydrogen) atoms. The first-order valence-electron chi connectivity index (χ1n) is 10.6. The van der Waals surface area contributed by atoms with Crippen LogP contribution in [0.5, 0.6) is 0 Å². The fraction of sp³-hybridized carbons (Fsp3) is 0.375. The smallest absolute Gasteiger partial charge is 0.321 e. The van der Waals surface area contributed by atoms with Gasteiger partial charge in [-0.15, -0.1) is 0 Å². The van der Waals surface area contributed by atoms with E-state index in [2.05, 4.69) is 17.4 Å². The molecule has 0 saturated heterocycles. The van der Waals surface area contributed by atoms with Crippen LogP contribution in [0.4, 0.5) is 10.5 Å². The van der Waals surface area contributed by atoms with Gasteiger partial charge in [-0.1, -0.05) is 43.5 Å². The van der Waals surface area contributed by atoms with E-state index in [1.807, 2.05) is 12.1 Å². The topological polar surface area (TPSA) is 86.7 Å². The summed E-state index contributed by atoms with van der Waals surface area (Å²) in [6.45, 7) is 0.385. The Kier molecular flexibility index (Phi) is 8.06. The quantitative estimate of drug-likeness (QED) is 0.428. The molecule has 2 aromatic carbocycles. The van der Waals surface area contributed by atoms with E-state index in [1.165, 1.54) is 42.6 Å². The lowest BCUT2D eigenvalue weighted by Crippen LogP contribution is -2.27. The highest BCUT2D eigenvalue weighted by atomic mass is 35.5. The number of hydrogen-bond donors (Lipinski definition) is 2. The van der Waals surface area contributed by atoms with Crippen molar-refractivity contribution < 1.29 is 19.5 Å². The second kappa shape index (κ2) is 11.0. The number of halogens is 1. The van der Waals surface area contributed by atoms with Gasteiger partial charge in [0.25, 0.3) is 5.91 Å². The van der Waals surface area contributed by atoms with Crippen molar-refractivity contribution in [2.75, 3.05) is 11.4 Å². The van der Waals surface area contributed by atoms with Gasteiger partial charge in [-0.2, -0.15) is 0 Å². The van der Waals surface area contributed by atoms with Crippen molar-refractivity contribution >= 4 is 34.5 Å². The van der Waals surface area contributed by atoms with E-state index in [0.717, 1.165) is 5.56 Å². The van der Waals surface area contributed by atoms with Crippen LogP contribution in [0.3, 0.4) is 0 Å². The highest BCUT2D eigenvalue weighted by Gasteiger charge is 2.17. The molecule has 1 fully saturated rings. The van der Waals surface area contributed by atoms with E-state index in [1.54, 1.807) is 24.3 Å². The summed E-state index contributed by atoms with van der Waals surface area (Å²) in [5.41, 5.74) is 3.29. The number of anilines is 1. The average Bonchev–Trinajstić information content (AvgIpc) is 2.78. The maximum Gasteiger partial charge on any atom is 0.321 e. The number of aliphatic carboxylic acids is 1. The SMILES string of the molecule is O=C(O)CCNC(=O)c1ccc(N(Cc2ccc(C3CCCCC3)cc2)C(=O)Cl)cc1. The Bertz CT molecular complexity index is 906. The zero-order valence-electron chi connectivity index (χ0n) is 17.4. The molecule has 164 valence electrons. The minimum absolute atomic E-state index is 0.0546. The van der Waals surface area contributed by atoms with Gasteiger partial charge in [0.1, 0.15) is 0 Å². The largest absolute Gasteiger partial charge is 0.481 e. The zero-order chi connectivity index (χ0) is 22.2. The lowest BCUT2D eigenvalue weighted by Gasteiger charge is -2.23. The summed E-state index contributed by atoms with van der Waals surface area (Å²) in [4.78, 5) is 36.1. The van der Waals surface area contributed by atoms with Gasteiger partial charge < -0.3 is 10.4 Å². The summed E-state index contributed by atoms with van der Waals surface area (Å²) in [6.07, 6.45) is 6.23. The summed E-state index contributed by atoms with van der Waals surface area (Å²) in [7, 11) is 0. The molecule has 0 spiro atoms. The first-order chi connectivity index (χ1) is 14.9. The predicted molar refractivity (Wildman–Crippen MR) is 121 cm³/mol. The Morgan fingerprint density at radius 2 is 1.61 bits per heavy atom. The number of carboxylic acids is 1. The Hall–Kier alpha value is -2.86. The standard InChI is InChI=1S/C24H27ClN2O4/c25-24(31)27(16-17-6-8-19(9-7-17)18-4-2-1-3-5-18)21-12-10-20(11-13-21)23(30)26-15-14-22(28)29/h6-13,18H,1-5,14-16H2,(H,26,30)(H,28,29). The van der Waals surface area contributed by atoms with Gasteiger partial charge in [-0.05, 0) is 65.8 Å². The van der Waals surface area contributed by atoms with Crippen molar-refractivity contribution in [2.45, 2.75) is 51.0 Å². The van der Waals surface area contributed by atoms with Gasteiger partial charge in [0.05, 0.1) is 13.0 Å². The minimum Gasteiger partial charge on any atom is -0.481 e. The third kappa shape index (κ3) is 6.56. The van der Waals surface area contributed by atoms with Crippen molar-refractivity contribution in [3.8, 4) is 0 Å². The van der Waals surface area contributed by atoms with Crippen LogP contribution < -0.4 is 10.2 Å². The molecule has 1 saturated carbocycles. The minimum atomic E-state index is -0.973. The molecule has 2 aromatic rings. The number of nitrogens with zero attached hydrogens (tertiary/aromatic N) is 1. The van der Waals surface area contributed by atoms with Crippen LogP contribution in [0, 0.1) is 0 Å². The van der Waals surface area contributed by atoms with Crippen molar-refractivity contribution in [3.05, 3.63) is 65.2 Å². The normalized spacial score (nSPS) is 14.1. The number of amides is 2. The average molecular weight is 443 g/mol. The summed E-state index contributed by atoms with van der Waals surface area (Å²) in [6, 6.07) is 14.9. The lowest BCUT2D eigenvalue weighted by atomic mass is 9.84. The number of carbonyl (C=O) groups excluding carboxylic acids is 2. The number of nitrogens with one attached hydrogen (secondary N) is 1. The number of benzene rings is 2. The second-order valence-electron chi connectivity index (χ2n) is 7.86. The summed E-state index contributed by atoms with van der Waals surface area (Å²) < 4.78 is 0. The molecule has 0 heterocycles. The number of hydrogen-bond acceptors (Lipinski definition) is 3. The fourth-order valence-electron chi connectivity index (χ4n) is 3.95. The van der Waals surface area contributed by atoms with Crippen molar-refractivity contribution in [3.63, 3.8) is 0 Å². The number of carbonyl (C=O) groups is 3. The summed E-state index contributed by atoms with van der Waals surface area (Å²) >= 11 is 5.83. The van der Waals surface area contributed by atoms with E-state index in [9.17, 15) is 14.4 Å². The van der Waals surface area contributed by atoms with E-state index < -0.39 is 11.3 Å². The van der Waals surface area contributed by atoms with Gasteiger partial charge in [-0.25, -0.2) is 0 Å². The van der Waals surface area contributed by atoms with E-state index in [-0.39, 0.29) is 18.9 Å². The second-order valence-corrected chi connectivity index (χ2v) is 8.19. The van der Waals surface area contributed by atoms with Crippen LogP contribution in [0.25, 0.3) is 0 Å². The molecular formula is C24H27ClN2O4. The first-order valence-corrected chi connectivity index (χ1v) is 11.0. The highest BCUT2D eigenvalue weighted by Crippen LogP contribution is 2.32. The van der Waals surface area contributed by atoms with Gasteiger partial charge in [0, 0.05) is 17.8 Å². The van der Waals surface area contributed by atoms with Crippen molar-refractivity contribution in [1.29, 1.82) is 0 Å². The zero-order valence-corrected chi connectivity index (χ0v) is 18.1. The van der Waals surface area contributed by atoms with Crippen LogP contribution in [0.15, 0.2) is 48.5 Å². The molecule has 0 bridgehead atoms. The lowest BCUT2D eigenvalue weighted by molar-refractivity contribution is -0.136. The molecule has 0 aliphatic heterocycles. The number of carboxylic acid groups (broad SMARTS) is 1.